The van der Waals surface area contributed by atoms with Crippen LogP contribution in [0, 0.1) is 11.7 Å². The first-order chi connectivity index (χ1) is 10.2. The highest BCUT2D eigenvalue weighted by molar-refractivity contribution is 5.47. The minimum absolute atomic E-state index is 0.103. The van der Waals surface area contributed by atoms with E-state index in [1.165, 1.54) is 12.8 Å². The van der Waals surface area contributed by atoms with Gasteiger partial charge in [-0.1, -0.05) is 19.1 Å². The Bertz CT molecular complexity index is 457. The molecule has 2 unspecified atom stereocenters. The standard InChI is InChI=1S/C17H26FN3/c1-14-5-4-8-19-16(14)13-20-9-11-21(12-10-20)17-7-3-2-6-15(17)18/h2-3,6-7,14,16,19H,4-5,8-13H2,1H3. The highest BCUT2D eigenvalue weighted by Gasteiger charge is 2.25. The van der Waals surface area contributed by atoms with Crippen LogP contribution >= 0.6 is 0 Å². The van der Waals surface area contributed by atoms with Gasteiger partial charge in [-0.15, -0.1) is 0 Å². The van der Waals surface area contributed by atoms with Crippen LogP contribution in [0.25, 0.3) is 0 Å². The molecule has 0 bridgehead atoms. The second-order valence-corrected chi connectivity index (χ2v) is 6.42. The maximum Gasteiger partial charge on any atom is 0.146 e. The van der Waals surface area contributed by atoms with Crippen LogP contribution in [0.15, 0.2) is 24.3 Å². The van der Waals surface area contributed by atoms with Crippen LogP contribution in [0.5, 0.6) is 0 Å². The molecule has 2 fully saturated rings. The predicted octanol–water partition coefficient (Wildman–Crippen LogP) is 2.34. The van der Waals surface area contributed by atoms with Gasteiger partial charge in [-0.05, 0) is 37.4 Å². The van der Waals surface area contributed by atoms with Gasteiger partial charge in [-0.2, -0.15) is 0 Å². The van der Waals surface area contributed by atoms with Gasteiger partial charge < -0.3 is 10.2 Å². The van der Waals surface area contributed by atoms with E-state index in [0.29, 0.717) is 6.04 Å². The SMILES string of the molecule is CC1CCCNC1CN1CCN(c2ccccc2F)CC1. The molecule has 4 heteroatoms. The third-order valence-electron chi connectivity index (χ3n) is 4.95. The van der Waals surface area contributed by atoms with Crippen molar-refractivity contribution in [3.8, 4) is 0 Å². The Hall–Kier alpha value is -1.13. The lowest BCUT2D eigenvalue weighted by Gasteiger charge is -2.40. The van der Waals surface area contributed by atoms with Gasteiger partial charge in [-0.25, -0.2) is 4.39 Å². The average molecular weight is 291 g/mol. The molecule has 0 aromatic heterocycles. The van der Waals surface area contributed by atoms with Gasteiger partial charge >= 0.3 is 0 Å². The maximum atomic E-state index is 13.8. The summed E-state index contributed by atoms with van der Waals surface area (Å²) in [4.78, 5) is 4.69. The molecular weight excluding hydrogens is 265 g/mol. The monoisotopic (exact) mass is 291 g/mol. The first-order valence-corrected chi connectivity index (χ1v) is 8.19. The van der Waals surface area contributed by atoms with E-state index < -0.39 is 0 Å². The van der Waals surface area contributed by atoms with Crippen LogP contribution in [0.3, 0.4) is 0 Å². The molecule has 0 amide bonds. The van der Waals surface area contributed by atoms with Crippen molar-refractivity contribution in [2.24, 2.45) is 5.92 Å². The van der Waals surface area contributed by atoms with Crippen LogP contribution in [0.1, 0.15) is 19.8 Å². The molecule has 1 aromatic carbocycles. The average Bonchev–Trinajstić information content (AvgIpc) is 2.51. The Morgan fingerprint density at radius 1 is 1.19 bits per heavy atom. The molecule has 2 aliphatic rings. The lowest BCUT2D eigenvalue weighted by Crippen LogP contribution is -2.53. The molecule has 3 rings (SSSR count). The number of para-hydroxylation sites is 1. The van der Waals surface area contributed by atoms with Crippen molar-refractivity contribution in [1.29, 1.82) is 0 Å². The first kappa shape index (κ1) is 14.8. The molecule has 1 aromatic rings. The van der Waals surface area contributed by atoms with Crippen molar-refractivity contribution >= 4 is 5.69 Å². The number of anilines is 1. The van der Waals surface area contributed by atoms with Crippen LogP contribution < -0.4 is 10.2 Å². The van der Waals surface area contributed by atoms with Crippen LogP contribution in [0.4, 0.5) is 10.1 Å². The fourth-order valence-corrected chi connectivity index (χ4v) is 3.52. The van der Waals surface area contributed by atoms with E-state index in [-0.39, 0.29) is 5.82 Å². The molecular formula is C17H26FN3. The molecule has 2 heterocycles. The number of benzene rings is 1. The zero-order valence-electron chi connectivity index (χ0n) is 12.9. The van der Waals surface area contributed by atoms with Crippen molar-refractivity contribution in [1.82, 2.24) is 10.2 Å². The zero-order valence-corrected chi connectivity index (χ0v) is 12.9. The first-order valence-electron chi connectivity index (χ1n) is 8.19. The van der Waals surface area contributed by atoms with Gasteiger partial charge in [-0.3, -0.25) is 4.90 Å². The second kappa shape index (κ2) is 6.75. The third kappa shape index (κ3) is 3.55. The summed E-state index contributed by atoms with van der Waals surface area (Å²) in [5.74, 6) is 0.664. The van der Waals surface area contributed by atoms with Crippen molar-refractivity contribution < 1.29 is 4.39 Å². The summed E-state index contributed by atoms with van der Waals surface area (Å²) in [6, 6.07) is 7.73. The normalized spacial score (nSPS) is 27.8. The minimum atomic E-state index is -0.103. The highest BCUT2D eigenvalue weighted by Crippen LogP contribution is 2.21. The fraction of sp³-hybridized carbons (Fsp3) is 0.647. The van der Waals surface area contributed by atoms with Gasteiger partial charge in [0.2, 0.25) is 0 Å². The molecule has 21 heavy (non-hydrogen) atoms. The van der Waals surface area contributed by atoms with Gasteiger partial charge in [0.1, 0.15) is 5.82 Å². The fourth-order valence-electron chi connectivity index (χ4n) is 3.52. The van der Waals surface area contributed by atoms with Gasteiger partial charge in [0.15, 0.2) is 0 Å². The molecule has 0 spiro atoms. The summed E-state index contributed by atoms with van der Waals surface area (Å²) < 4.78 is 13.8. The Labute approximate surface area is 127 Å². The Morgan fingerprint density at radius 3 is 2.67 bits per heavy atom. The molecule has 116 valence electrons. The minimum Gasteiger partial charge on any atom is -0.367 e. The van der Waals surface area contributed by atoms with Gasteiger partial charge in [0.05, 0.1) is 5.69 Å². The molecule has 2 aliphatic heterocycles. The zero-order chi connectivity index (χ0) is 14.7. The van der Waals surface area contributed by atoms with E-state index in [0.717, 1.165) is 50.9 Å². The third-order valence-corrected chi connectivity index (χ3v) is 4.95. The molecule has 0 radical (unpaired) electrons. The summed E-state index contributed by atoms with van der Waals surface area (Å²) >= 11 is 0. The number of hydrogen-bond acceptors (Lipinski definition) is 3. The maximum absolute atomic E-state index is 13.8. The smallest absolute Gasteiger partial charge is 0.146 e. The summed E-state index contributed by atoms with van der Waals surface area (Å²) in [6.45, 7) is 8.53. The number of piperazine rings is 1. The van der Waals surface area contributed by atoms with Crippen molar-refractivity contribution in [3.05, 3.63) is 30.1 Å². The van der Waals surface area contributed by atoms with Crippen LogP contribution in [-0.2, 0) is 0 Å². The number of piperidine rings is 1. The second-order valence-electron chi connectivity index (χ2n) is 6.42. The number of nitrogens with one attached hydrogen (secondary N) is 1. The van der Waals surface area contributed by atoms with E-state index in [9.17, 15) is 4.39 Å². The Morgan fingerprint density at radius 2 is 1.95 bits per heavy atom. The number of rotatable bonds is 3. The lowest BCUT2D eigenvalue weighted by atomic mass is 9.92. The molecule has 1 N–H and O–H groups in total. The van der Waals surface area contributed by atoms with E-state index >= 15 is 0 Å². The van der Waals surface area contributed by atoms with Crippen LogP contribution in [0.2, 0.25) is 0 Å². The number of hydrogen-bond donors (Lipinski definition) is 1. The Kier molecular flexibility index (Phi) is 4.76. The summed E-state index contributed by atoms with van der Waals surface area (Å²) in [6.07, 6.45) is 2.64. The van der Waals surface area contributed by atoms with Gasteiger partial charge in [0.25, 0.3) is 0 Å². The summed E-state index contributed by atoms with van der Waals surface area (Å²) in [5, 5.41) is 3.65. The largest absolute Gasteiger partial charge is 0.367 e. The topological polar surface area (TPSA) is 18.5 Å². The molecule has 2 atom stereocenters. The number of nitrogens with zero attached hydrogens (tertiary/aromatic N) is 2. The van der Waals surface area contributed by atoms with Crippen molar-refractivity contribution in [2.75, 3.05) is 44.2 Å². The summed E-state index contributed by atoms with van der Waals surface area (Å²) in [5.41, 5.74) is 0.751. The van der Waals surface area contributed by atoms with E-state index in [1.807, 2.05) is 12.1 Å². The quantitative estimate of drug-likeness (QED) is 0.922. The Balaban J connectivity index is 1.52. The molecule has 0 saturated carbocycles. The highest BCUT2D eigenvalue weighted by atomic mass is 19.1. The molecule has 3 nitrogen and oxygen atoms in total. The lowest BCUT2D eigenvalue weighted by molar-refractivity contribution is 0.183. The van der Waals surface area contributed by atoms with Gasteiger partial charge in [0, 0.05) is 38.8 Å². The molecule has 2 saturated heterocycles. The molecule has 0 aliphatic carbocycles. The van der Waals surface area contributed by atoms with E-state index in [1.54, 1.807) is 12.1 Å². The van der Waals surface area contributed by atoms with Crippen molar-refractivity contribution in [2.45, 2.75) is 25.8 Å². The predicted molar refractivity (Wildman–Crippen MR) is 85.2 cm³/mol. The summed E-state index contributed by atoms with van der Waals surface area (Å²) in [7, 11) is 0. The van der Waals surface area contributed by atoms with E-state index in [4.69, 9.17) is 0 Å². The van der Waals surface area contributed by atoms with Crippen molar-refractivity contribution in [3.63, 3.8) is 0 Å². The number of halogens is 1. The van der Waals surface area contributed by atoms with Crippen LogP contribution in [-0.4, -0.2) is 50.2 Å². The van der Waals surface area contributed by atoms with E-state index in [2.05, 4.69) is 22.0 Å².